The molecule has 0 saturated carbocycles. The molecule has 2 heterocycles. The molecular weight excluding hydrogens is 228 g/mol. The molecule has 0 aliphatic heterocycles. The van der Waals surface area contributed by atoms with Crippen LogP contribution in [-0.2, 0) is 20.5 Å². The van der Waals surface area contributed by atoms with Gasteiger partial charge in [0.25, 0.3) is 0 Å². The number of hydrogen-bond acceptors (Lipinski definition) is 4. The minimum atomic E-state index is 0.179. The van der Waals surface area contributed by atoms with Gasteiger partial charge in [-0.1, -0.05) is 12.1 Å². The molecule has 0 fully saturated rings. The summed E-state index contributed by atoms with van der Waals surface area (Å²) in [6, 6.07) is 2.29. The summed E-state index contributed by atoms with van der Waals surface area (Å²) in [5.74, 6) is 0. The van der Waals surface area contributed by atoms with Gasteiger partial charge in [0.1, 0.15) is 0 Å². The van der Waals surface area contributed by atoms with Crippen LogP contribution in [0.15, 0.2) is 12.3 Å². The van der Waals surface area contributed by atoms with Gasteiger partial charge in [-0.15, -0.1) is 5.10 Å². The molecule has 0 saturated heterocycles. The molecule has 98 valence electrons. The molecule has 1 atom stereocenters. The molecule has 6 heteroatoms. The van der Waals surface area contributed by atoms with E-state index >= 15 is 0 Å². The number of likely N-dealkylation sites (N-methyl/N-ethyl adjacent to an activating group) is 1. The fourth-order valence-electron chi connectivity index (χ4n) is 2.12. The fourth-order valence-corrected chi connectivity index (χ4v) is 2.12. The van der Waals surface area contributed by atoms with Crippen molar-refractivity contribution in [1.82, 2.24) is 30.1 Å². The van der Waals surface area contributed by atoms with Crippen molar-refractivity contribution in [3.63, 3.8) is 0 Å². The van der Waals surface area contributed by atoms with Crippen molar-refractivity contribution in [3.05, 3.63) is 29.3 Å². The molecule has 2 rings (SSSR count). The Balaban J connectivity index is 2.18. The predicted octanol–water partition coefficient (Wildman–Crippen LogP) is 0.750. The quantitative estimate of drug-likeness (QED) is 0.848. The summed E-state index contributed by atoms with van der Waals surface area (Å²) in [7, 11) is 3.86. The lowest BCUT2D eigenvalue weighted by Crippen LogP contribution is -2.24. The van der Waals surface area contributed by atoms with Crippen LogP contribution < -0.4 is 5.32 Å². The van der Waals surface area contributed by atoms with E-state index in [1.54, 1.807) is 4.68 Å². The Kier molecular flexibility index (Phi) is 3.76. The average molecular weight is 248 g/mol. The van der Waals surface area contributed by atoms with Crippen LogP contribution in [0.2, 0.25) is 0 Å². The highest BCUT2D eigenvalue weighted by Gasteiger charge is 2.16. The van der Waals surface area contributed by atoms with Crippen LogP contribution in [0.4, 0.5) is 0 Å². The van der Waals surface area contributed by atoms with Crippen LogP contribution in [0.1, 0.15) is 30.0 Å². The summed E-state index contributed by atoms with van der Waals surface area (Å²) in [5, 5.41) is 16.0. The summed E-state index contributed by atoms with van der Waals surface area (Å²) < 4.78 is 3.66. The van der Waals surface area contributed by atoms with Gasteiger partial charge in [-0.05, 0) is 19.5 Å². The van der Waals surface area contributed by atoms with Crippen LogP contribution in [0.5, 0.6) is 0 Å². The second kappa shape index (κ2) is 5.30. The number of nitrogens with zero attached hydrogens (tertiary/aromatic N) is 5. The zero-order valence-corrected chi connectivity index (χ0v) is 11.4. The van der Waals surface area contributed by atoms with Gasteiger partial charge in [-0.3, -0.25) is 9.36 Å². The first kappa shape index (κ1) is 12.8. The second-order valence-corrected chi connectivity index (χ2v) is 4.53. The number of nitrogens with one attached hydrogen (secondary N) is 1. The maximum atomic E-state index is 4.37. The van der Waals surface area contributed by atoms with Crippen molar-refractivity contribution in [2.45, 2.75) is 26.3 Å². The summed E-state index contributed by atoms with van der Waals surface area (Å²) >= 11 is 0. The maximum absolute atomic E-state index is 4.37. The topological polar surface area (TPSA) is 60.6 Å². The lowest BCUT2D eigenvalue weighted by Gasteiger charge is -2.14. The number of aryl methyl sites for hydroxylation is 3. The van der Waals surface area contributed by atoms with Crippen molar-refractivity contribution >= 4 is 0 Å². The molecule has 0 radical (unpaired) electrons. The van der Waals surface area contributed by atoms with Gasteiger partial charge in [0.2, 0.25) is 0 Å². The zero-order valence-electron chi connectivity index (χ0n) is 11.4. The maximum Gasteiger partial charge on any atom is 0.1000 e. The van der Waals surface area contributed by atoms with E-state index in [4.69, 9.17) is 0 Å². The normalized spacial score (nSPS) is 12.9. The Hall–Kier alpha value is -1.69. The van der Waals surface area contributed by atoms with Crippen molar-refractivity contribution in [3.8, 4) is 0 Å². The van der Waals surface area contributed by atoms with Crippen molar-refractivity contribution in [1.29, 1.82) is 0 Å². The molecule has 0 aliphatic carbocycles. The summed E-state index contributed by atoms with van der Waals surface area (Å²) in [5.41, 5.74) is 3.21. The molecule has 0 aromatic carbocycles. The molecule has 18 heavy (non-hydrogen) atoms. The van der Waals surface area contributed by atoms with Gasteiger partial charge in [0.05, 0.1) is 17.4 Å². The van der Waals surface area contributed by atoms with Crippen molar-refractivity contribution < 1.29 is 0 Å². The molecule has 2 aromatic rings. The fraction of sp³-hybridized carbons (Fsp3) is 0.583. The summed E-state index contributed by atoms with van der Waals surface area (Å²) in [6.45, 7) is 5.00. The Morgan fingerprint density at radius 2 is 2.17 bits per heavy atom. The van der Waals surface area contributed by atoms with E-state index in [1.165, 1.54) is 5.69 Å². The number of hydrogen-bond donors (Lipinski definition) is 1. The molecule has 0 spiro atoms. The van der Waals surface area contributed by atoms with Gasteiger partial charge in [-0.25, -0.2) is 0 Å². The lowest BCUT2D eigenvalue weighted by atomic mass is 10.1. The Bertz CT molecular complexity index is 512. The van der Waals surface area contributed by atoms with E-state index in [-0.39, 0.29) is 6.04 Å². The first-order chi connectivity index (χ1) is 8.60. The van der Waals surface area contributed by atoms with E-state index in [1.807, 2.05) is 31.9 Å². The summed E-state index contributed by atoms with van der Waals surface area (Å²) in [6.07, 6.45) is 2.82. The van der Waals surface area contributed by atoms with Crippen molar-refractivity contribution in [2.24, 2.45) is 14.1 Å². The third kappa shape index (κ3) is 2.76. The van der Waals surface area contributed by atoms with E-state index in [0.29, 0.717) is 0 Å². The molecule has 0 aliphatic rings. The third-order valence-electron chi connectivity index (χ3n) is 2.94. The van der Waals surface area contributed by atoms with Gasteiger partial charge in [0, 0.05) is 32.4 Å². The van der Waals surface area contributed by atoms with Crippen LogP contribution in [0, 0.1) is 6.92 Å². The first-order valence-corrected chi connectivity index (χ1v) is 6.19. The van der Waals surface area contributed by atoms with Gasteiger partial charge in [0.15, 0.2) is 0 Å². The van der Waals surface area contributed by atoms with Crippen LogP contribution >= 0.6 is 0 Å². The third-order valence-corrected chi connectivity index (χ3v) is 2.94. The van der Waals surface area contributed by atoms with Gasteiger partial charge < -0.3 is 5.32 Å². The molecule has 0 amide bonds. The highest BCUT2D eigenvalue weighted by Crippen LogP contribution is 2.16. The Morgan fingerprint density at radius 1 is 1.39 bits per heavy atom. The monoisotopic (exact) mass is 248 g/mol. The molecule has 0 bridgehead atoms. The molecular formula is C12H20N6. The number of rotatable bonds is 5. The van der Waals surface area contributed by atoms with Crippen molar-refractivity contribution in [2.75, 3.05) is 6.54 Å². The lowest BCUT2D eigenvalue weighted by molar-refractivity contribution is 0.516. The van der Waals surface area contributed by atoms with E-state index < -0.39 is 0 Å². The Morgan fingerprint density at radius 3 is 2.67 bits per heavy atom. The van der Waals surface area contributed by atoms with Crippen LogP contribution in [0.25, 0.3) is 0 Å². The zero-order chi connectivity index (χ0) is 13.1. The molecule has 1 unspecified atom stereocenters. The predicted molar refractivity (Wildman–Crippen MR) is 69.1 cm³/mol. The highest BCUT2D eigenvalue weighted by molar-refractivity contribution is 5.13. The van der Waals surface area contributed by atoms with Crippen LogP contribution in [-0.4, -0.2) is 31.3 Å². The minimum Gasteiger partial charge on any atom is -0.308 e. The van der Waals surface area contributed by atoms with E-state index in [0.717, 1.165) is 24.4 Å². The van der Waals surface area contributed by atoms with E-state index in [9.17, 15) is 0 Å². The van der Waals surface area contributed by atoms with E-state index in [2.05, 4.69) is 33.7 Å². The summed E-state index contributed by atoms with van der Waals surface area (Å²) in [4.78, 5) is 0. The SMILES string of the molecule is CCNC(Cc1cc(C)nn1C)c1cn(C)nn1. The average Bonchev–Trinajstić information content (AvgIpc) is 2.85. The van der Waals surface area contributed by atoms with Gasteiger partial charge >= 0.3 is 0 Å². The van der Waals surface area contributed by atoms with Crippen LogP contribution in [0.3, 0.4) is 0 Å². The standard InChI is InChI=1S/C12H20N6/c1-5-13-11(12-8-17(3)16-14-12)7-10-6-9(2)15-18(10)4/h6,8,11,13H,5,7H2,1-4H3. The minimum absolute atomic E-state index is 0.179. The highest BCUT2D eigenvalue weighted by atomic mass is 15.4. The largest absolute Gasteiger partial charge is 0.308 e. The first-order valence-electron chi connectivity index (χ1n) is 6.19. The molecule has 1 N–H and O–H groups in total. The second-order valence-electron chi connectivity index (χ2n) is 4.53. The van der Waals surface area contributed by atoms with Gasteiger partial charge in [-0.2, -0.15) is 5.10 Å². The number of aromatic nitrogens is 5. The molecule has 6 nitrogen and oxygen atoms in total. The Labute approximate surface area is 107 Å². The molecule has 2 aromatic heterocycles. The smallest absolute Gasteiger partial charge is 0.1000 e.